The van der Waals surface area contributed by atoms with Crippen LogP contribution >= 0.6 is 0 Å². The maximum atomic E-state index is 12.7. The Labute approximate surface area is 193 Å². The molecule has 1 aromatic carbocycles. The summed E-state index contributed by atoms with van der Waals surface area (Å²) >= 11 is 0. The highest BCUT2D eigenvalue weighted by molar-refractivity contribution is 6.51. The van der Waals surface area contributed by atoms with Gasteiger partial charge in [-0.2, -0.15) is 0 Å². The van der Waals surface area contributed by atoms with Crippen molar-refractivity contribution in [3.05, 3.63) is 35.9 Å². The third kappa shape index (κ3) is 7.38. The van der Waals surface area contributed by atoms with Gasteiger partial charge in [-0.1, -0.05) is 44.2 Å². The van der Waals surface area contributed by atoms with E-state index in [9.17, 15) is 29.4 Å². The summed E-state index contributed by atoms with van der Waals surface area (Å²) in [5.41, 5.74) is 4.91. The van der Waals surface area contributed by atoms with E-state index in [2.05, 4.69) is 5.32 Å². The Morgan fingerprint density at radius 2 is 1.82 bits per heavy atom. The molecular formula is C22H31BN2O8. The molecule has 0 spiro atoms. The predicted molar refractivity (Wildman–Crippen MR) is 119 cm³/mol. The van der Waals surface area contributed by atoms with E-state index in [-0.39, 0.29) is 12.3 Å². The number of hydrogen-bond donors (Lipinski definition) is 4. The van der Waals surface area contributed by atoms with E-state index >= 15 is 0 Å². The first-order valence-corrected chi connectivity index (χ1v) is 10.8. The third-order valence-electron chi connectivity index (χ3n) is 5.28. The SMILES string of the molecule is CC(=O)CC1(CC(=O)O)OB([C@H](CC(C)C)NC(=O)[C@@H](O)[C@H](N)Cc2ccccc2)OC1=O. The molecule has 180 valence electrons. The van der Waals surface area contributed by atoms with Crippen LogP contribution in [0.5, 0.6) is 0 Å². The van der Waals surface area contributed by atoms with E-state index in [0.29, 0.717) is 6.42 Å². The van der Waals surface area contributed by atoms with Crippen molar-refractivity contribution in [3.63, 3.8) is 0 Å². The predicted octanol–water partition coefficient (Wildman–Crippen LogP) is 0.242. The number of benzene rings is 1. The van der Waals surface area contributed by atoms with Crippen molar-refractivity contribution in [1.29, 1.82) is 0 Å². The number of hydrogen-bond acceptors (Lipinski definition) is 8. The number of aliphatic carboxylic acids is 1. The molecular weight excluding hydrogens is 431 g/mol. The molecule has 0 aliphatic carbocycles. The van der Waals surface area contributed by atoms with Crippen molar-refractivity contribution in [3.8, 4) is 0 Å². The molecule has 5 N–H and O–H groups in total. The highest BCUT2D eigenvalue weighted by Crippen LogP contribution is 2.32. The van der Waals surface area contributed by atoms with Gasteiger partial charge in [-0.05, 0) is 31.2 Å². The first-order chi connectivity index (χ1) is 15.4. The molecule has 0 aromatic heterocycles. The fourth-order valence-electron chi connectivity index (χ4n) is 3.81. The summed E-state index contributed by atoms with van der Waals surface area (Å²) in [6.45, 7) is 4.95. The number of nitrogens with two attached hydrogens (primary N) is 1. The van der Waals surface area contributed by atoms with E-state index in [0.717, 1.165) is 5.56 Å². The number of aliphatic hydroxyl groups is 1. The van der Waals surface area contributed by atoms with Crippen LogP contribution < -0.4 is 11.1 Å². The summed E-state index contributed by atoms with van der Waals surface area (Å²) in [7, 11) is -1.32. The average molecular weight is 462 g/mol. The Hall–Kier alpha value is -2.76. The van der Waals surface area contributed by atoms with Crippen molar-refractivity contribution >= 4 is 30.7 Å². The molecule has 1 aliphatic heterocycles. The molecule has 4 atom stereocenters. The quantitative estimate of drug-likeness (QED) is 0.318. The van der Waals surface area contributed by atoms with Gasteiger partial charge in [0.1, 0.15) is 11.9 Å². The monoisotopic (exact) mass is 462 g/mol. The lowest BCUT2D eigenvalue weighted by Gasteiger charge is -2.26. The number of Topliss-reactive ketones (excluding diaryl/α,β-unsaturated/α-hetero) is 1. The zero-order valence-corrected chi connectivity index (χ0v) is 19.0. The van der Waals surface area contributed by atoms with Crippen LogP contribution in [0.25, 0.3) is 0 Å². The summed E-state index contributed by atoms with van der Waals surface area (Å²) in [5, 5.41) is 22.3. The molecule has 1 saturated heterocycles. The number of aliphatic hydroxyl groups excluding tert-OH is 1. The normalized spacial score (nSPS) is 20.8. The molecule has 0 bridgehead atoms. The Morgan fingerprint density at radius 3 is 2.36 bits per heavy atom. The summed E-state index contributed by atoms with van der Waals surface area (Å²) < 4.78 is 11.0. The molecule has 0 radical (unpaired) electrons. The van der Waals surface area contributed by atoms with Crippen LogP contribution in [0, 0.1) is 5.92 Å². The third-order valence-corrected chi connectivity index (χ3v) is 5.28. The number of carboxylic acid groups (broad SMARTS) is 1. The maximum absolute atomic E-state index is 12.7. The maximum Gasteiger partial charge on any atom is 0.552 e. The summed E-state index contributed by atoms with van der Waals surface area (Å²) in [4.78, 5) is 48.3. The molecule has 10 nitrogen and oxygen atoms in total. The van der Waals surface area contributed by atoms with Gasteiger partial charge in [-0.25, -0.2) is 0 Å². The number of nitrogens with one attached hydrogen (secondary N) is 1. The number of carboxylic acids is 1. The van der Waals surface area contributed by atoms with E-state index in [4.69, 9.17) is 15.0 Å². The van der Waals surface area contributed by atoms with Crippen molar-refractivity contribution < 1.29 is 38.7 Å². The van der Waals surface area contributed by atoms with Gasteiger partial charge in [0, 0.05) is 12.5 Å². The van der Waals surface area contributed by atoms with Crippen molar-refractivity contribution in [2.24, 2.45) is 11.7 Å². The van der Waals surface area contributed by atoms with Gasteiger partial charge in [0.2, 0.25) is 5.91 Å². The minimum atomic E-state index is -1.97. The molecule has 1 amide bonds. The van der Waals surface area contributed by atoms with Crippen LogP contribution in [-0.2, 0) is 34.9 Å². The summed E-state index contributed by atoms with van der Waals surface area (Å²) in [6.07, 6.45) is -2.21. The van der Waals surface area contributed by atoms with E-state index in [1.807, 2.05) is 44.2 Å². The lowest BCUT2D eigenvalue weighted by atomic mass is 9.73. The second-order valence-corrected chi connectivity index (χ2v) is 8.88. The van der Waals surface area contributed by atoms with E-state index in [1.165, 1.54) is 6.92 Å². The van der Waals surface area contributed by atoms with Gasteiger partial charge < -0.3 is 30.6 Å². The molecule has 2 rings (SSSR count). The van der Waals surface area contributed by atoms with Gasteiger partial charge in [-0.15, -0.1) is 0 Å². The van der Waals surface area contributed by atoms with Gasteiger partial charge in [0.25, 0.3) is 0 Å². The number of ketones is 1. The van der Waals surface area contributed by atoms with E-state index in [1.54, 1.807) is 0 Å². The van der Waals surface area contributed by atoms with Crippen LogP contribution in [0.4, 0.5) is 0 Å². The lowest BCUT2D eigenvalue weighted by Crippen LogP contribution is -2.55. The highest BCUT2D eigenvalue weighted by atomic mass is 16.7. The van der Waals surface area contributed by atoms with Crippen LogP contribution in [0.3, 0.4) is 0 Å². The fourth-order valence-corrected chi connectivity index (χ4v) is 3.81. The molecule has 11 heteroatoms. The molecule has 0 saturated carbocycles. The molecule has 1 unspecified atom stereocenters. The van der Waals surface area contributed by atoms with Crippen LogP contribution in [0.1, 0.15) is 45.6 Å². The zero-order valence-electron chi connectivity index (χ0n) is 19.0. The number of amides is 1. The topological polar surface area (TPSA) is 165 Å². The summed E-state index contributed by atoms with van der Waals surface area (Å²) in [5.74, 6) is -4.39. The largest absolute Gasteiger partial charge is 0.552 e. The molecule has 1 aliphatic rings. The first kappa shape index (κ1) is 26.5. The van der Waals surface area contributed by atoms with Gasteiger partial charge in [0.05, 0.1) is 12.4 Å². The number of carbonyl (C=O) groups excluding carboxylic acids is 3. The second kappa shape index (κ2) is 11.4. The summed E-state index contributed by atoms with van der Waals surface area (Å²) in [6, 6.07) is 8.26. The van der Waals surface area contributed by atoms with Crippen LogP contribution in [-0.4, -0.2) is 64.6 Å². The standard InChI is InChI=1S/C22H31BN2O8/c1-13(2)9-17(23-32-21(31)22(33-23,11-14(3)26)12-18(27)28)25-20(30)19(29)16(24)10-15-7-5-4-6-8-15/h4-8,13,16-17,19,29H,9-12,24H2,1-3H3,(H,25,30)(H,27,28)/t16-,17+,19+,22?/m1/s1. The van der Waals surface area contributed by atoms with Crippen molar-refractivity contribution in [2.45, 2.75) is 70.1 Å². The van der Waals surface area contributed by atoms with E-state index < -0.39 is 67.3 Å². The smallest absolute Gasteiger partial charge is 0.506 e. The molecule has 1 fully saturated rings. The van der Waals surface area contributed by atoms with Crippen LogP contribution in [0.2, 0.25) is 0 Å². The van der Waals surface area contributed by atoms with Gasteiger partial charge in [0.15, 0.2) is 5.60 Å². The minimum absolute atomic E-state index is 0.0232. The van der Waals surface area contributed by atoms with Crippen LogP contribution in [0.15, 0.2) is 30.3 Å². The van der Waals surface area contributed by atoms with Crippen molar-refractivity contribution in [1.82, 2.24) is 5.32 Å². The number of carbonyl (C=O) groups is 4. The fraction of sp³-hybridized carbons (Fsp3) is 0.545. The average Bonchev–Trinajstić information content (AvgIpc) is 3.01. The lowest BCUT2D eigenvalue weighted by molar-refractivity contribution is -0.154. The highest BCUT2D eigenvalue weighted by Gasteiger charge is 2.57. The molecule has 1 heterocycles. The Kier molecular flexibility index (Phi) is 9.15. The molecule has 1 aromatic rings. The Balaban J connectivity index is 2.15. The zero-order chi connectivity index (χ0) is 24.8. The Morgan fingerprint density at radius 1 is 1.18 bits per heavy atom. The Bertz CT molecular complexity index is 847. The minimum Gasteiger partial charge on any atom is -0.506 e. The first-order valence-electron chi connectivity index (χ1n) is 10.8. The van der Waals surface area contributed by atoms with Crippen molar-refractivity contribution in [2.75, 3.05) is 0 Å². The van der Waals surface area contributed by atoms with Gasteiger partial charge in [-0.3, -0.25) is 19.2 Å². The molecule has 33 heavy (non-hydrogen) atoms. The second-order valence-electron chi connectivity index (χ2n) is 8.88. The van der Waals surface area contributed by atoms with Gasteiger partial charge >= 0.3 is 19.1 Å². The number of rotatable bonds is 12.